The average Bonchev–Trinajstić information content (AvgIpc) is 4.30. The summed E-state index contributed by atoms with van der Waals surface area (Å²) >= 11 is 0. The minimum absolute atomic E-state index is 0.0187. The van der Waals surface area contributed by atoms with E-state index < -0.39 is 11.6 Å². The topological polar surface area (TPSA) is 164 Å². The molecule has 386 valence electrons. The van der Waals surface area contributed by atoms with Gasteiger partial charge in [-0.2, -0.15) is 15.3 Å². The fourth-order valence-electron chi connectivity index (χ4n) is 8.96. The molecule has 5 aromatic carbocycles. The maximum atomic E-state index is 13.9. The van der Waals surface area contributed by atoms with Crippen LogP contribution in [0.3, 0.4) is 0 Å². The fraction of sp³-hybridized carbons (Fsp3) is 0.316. The van der Waals surface area contributed by atoms with Crippen molar-refractivity contribution in [1.29, 1.82) is 0 Å². The van der Waals surface area contributed by atoms with Crippen LogP contribution in [0.15, 0.2) is 146 Å². The van der Waals surface area contributed by atoms with E-state index in [0.717, 1.165) is 69.9 Å². The van der Waals surface area contributed by atoms with Gasteiger partial charge in [-0.3, -0.25) is 14.5 Å². The summed E-state index contributed by atoms with van der Waals surface area (Å²) in [6, 6.07) is 39.2. The van der Waals surface area contributed by atoms with Crippen molar-refractivity contribution in [3.63, 3.8) is 0 Å². The molecule has 3 fully saturated rings. The van der Waals surface area contributed by atoms with Gasteiger partial charge >= 0.3 is 0 Å². The van der Waals surface area contributed by atoms with Crippen molar-refractivity contribution < 1.29 is 46.7 Å². The van der Waals surface area contributed by atoms with E-state index in [-0.39, 0.29) is 42.6 Å². The predicted molar refractivity (Wildman–Crippen MR) is 276 cm³/mol. The van der Waals surface area contributed by atoms with Crippen LogP contribution in [0.25, 0.3) is 33.8 Å². The van der Waals surface area contributed by atoms with E-state index in [4.69, 9.17) is 48.7 Å². The largest absolute Gasteiger partial charge is 0.493 e. The number of hydrogen-bond donors (Lipinski definition) is 2. The van der Waals surface area contributed by atoms with Crippen molar-refractivity contribution in [3.05, 3.63) is 169 Å². The number of halogens is 2. The first-order valence-corrected chi connectivity index (χ1v) is 24.7. The van der Waals surface area contributed by atoms with E-state index in [1.807, 2.05) is 120 Å². The van der Waals surface area contributed by atoms with E-state index in [1.165, 1.54) is 24.5 Å². The van der Waals surface area contributed by atoms with Gasteiger partial charge in [0.2, 0.25) is 0 Å². The summed E-state index contributed by atoms with van der Waals surface area (Å²) in [5.41, 5.74) is 13.3. The van der Waals surface area contributed by atoms with Gasteiger partial charge < -0.3 is 43.6 Å². The van der Waals surface area contributed by atoms with Crippen LogP contribution in [0, 0.1) is 11.6 Å². The normalized spacial score (nSPS) is 18.3. The van der Waals surface area contributed by atoms with Crippen molar-refractivity contribution in [3.8, 4) is 56.8 Å². The van der Waals surface area contributed by atoms with Crippen LogP contribution < -0.4 is 24.7 Å². The van der Waals surface area contributed by atoms with Crippen LogP contribution in [-0.4, -0.2) is 108 Å². The lowest BCUT2D eigenvalue weighted by Gasteiger charge is -2.19. The highest BCUT2D eigenvalue weighted by molar-refractivity contribution is 5.68. The number of hydrogen-bond acceptors (Lipinski definition) is 12. The average molecular weight is 1010 g/mol. The van der Waals surface area contributed by atoms with E-state index in [2.05, 4.69) is 15.3 Å². The molecule has 74 heavy (non-hydrogen) atoms. The summed E-state index contributed by atoms with van der Waals surface area (Å²) in [4.78, 5) is 0. The van der Waals surface area contributed by atoms with Crippen molar-refractivity contribution >= 4 is 5.69 Å². The van der Waals surface area contributed by atoms with Gasteiger partial charge in [0.15, 0.2) is 35.3 Å². The fourth-order valence-corrected chi connectivity index (χ4v) is 8.96. The number of rotatable bonds is 16. The molecule has 2 saturated heterocycles. The summed E-state index contributed by atoms with van der Waals surface area (Å²) in [5.74, 6) is 1.33. The first-order chi connectivity index (χ1) is 36.2. The molecule has 0 spiro atoms. The number of ether oxygens (including phenoxy) is 8. The SMILES string of the molecule is COC1COC[C@H]1Oc1ccccc1-c1ccn(Cc2cccc(F)c2F)n1.COC1COC[C@H]1Oc1ccccc1-c1ccn[nH]1.COc1ccc(-c2ccn(Cc3ccc(N)cc3)n2)cc1OC1CCCC1. The molecule has 0 amide bonds. The number of para-hydroxylation sites is 2. The monoisotopic (exact) mass is 1010 g/mol. The number of anilines is 1. The molecule has 1 aliphatic carbocycles. The molecule has 5 heterocycles. The van der Waals surface area contributed by atoms with Gasteiger partial charge in [0, 0.05) is 60.8 Å². The third-order valence-electron chi connectivity index (χ3n) is 13.0. The highest BCUT2D eigenvalue weighted by Gasteiger charge is 2.32. The summed E-state index contributed by atoms with van der Waals surface area (Å²) in [6.07, 6.45) is 10.0. The van der Waals surface area contributed by atoms with Crippen LogP contribution >= 0.6 is 0 Å². The standard InChI is InChI=1S/C22H25N3O2.C21H20F2N2O3.C14H16N2O3/c1-26-21-11-8-17(14-22(21)27-19-4-2-3-5-19)20-12-13-25(24-20)15-16-6-9-18(23)10-7-16;1-26-19-12-27-13-20(19)28-18-8-3-2-6-15(18)17-9-10-25(24-17)11-14-5-4-7-16(22)21(14)23;1-17-13-8-18-9-14(13)19-12-5-3-2-4-10(12)11-6-7-15-16-11/h6-14,19H,2-5,15,23H2,1H3;2-10,19-20H,11-13H2,1H3;2-7,13-14H,8-9H2,1H3,(H,15,16)/t;19?,20-;13?,14-/m.11/s1. The number of nitrogen functional groups attached to an aromatic ring is 1. The molecule has 0 bridgehead atoms. The second-order valence-electron chi connectivity index (χ2n) is 18.0. The van der Waals surface area contributed by atoms with Gasteiger partial charge in [-0.15, -0.1) is 0 Å². The second-order valence-corrected chi connectivity index (χ2v) is 18.0. The molecule has 15 nitrogen and oxygen atoms in total. The lowest BCUT2D eigenvalue weighted by atomic mass is 10.1. The number of nitrogens with zero attached hydrogens (tertiary/aromatic N) is 5. The Kier molecular flexibility index (Phi) is 17.3. The summed E-state index contributed by atoms with van der Waals surface area (Å²) in [5, 5.41) is 16.1. The van der Waals surface area contributed by atoms with Crippen molar-refractivity contribution in [2.75, 3.05) is 53.5 Å². The van der Waals surface area contributed by atoms with Gasteiger partial charge in [0.1, 0.15) is 23.7 Å². The third kappa shape index (κ3) is 13.0. The minimum atomic E-state index is -0.866. The van der Waals surface area contributed by atoms with E-state index in [9.17, 15) is 8.78 Å². The zero-order chi connectivity index (χ0) is 51.2. The molecule has 4 atom stereocenters. The number of nitrogens with one attached hydrogen (secondary N) is 1. The number of aromatic amines is 1. The third-order valence-corrected chi connectivity index (χ3v) is 13.0. The first-order valence-electron chi connectivity index (χ1n) is 24.7. The molecule has 8 aromatic rings. The molecule has 2 unspecified atom stereocenters. The molecular weight excluding hydrogens is 949 g/mol. The Balaban J connectivity index is 0.000000139. The number of benzene rings is 5. The van der Waals surface area contributed by atoms with Gasteiger partial charge in [0.25, 0.3) is 0 Å². The van der Waals surface area contributed by atoms with Crippen molar-refractivity contribution in [2.24, 2.45) is 0 Å². The van der Waals surface area contributed by atoms with Gasteiger partial charge in [-0.05, 0) is 110 Å². The Morgan fingerprint density at radius 2 is 1.23 bits per heavy atom. The zero-order valence-electron chi connectivity index (χ0n) is 41.6. The highest BCUT2D eigenvalue weighted by atomic mass is 19.2. The molecule has 17 heteroatoms. The Morgan fingerprint density at radius 3 is 1.89 bits per heavy atom. The molecule has 0 radical (unpaired) electrons. The highest BCUT2D eigenvalue weighted by Crippen LogP contribution is 2.36. The quantitative estimate of drug-likeness (QED) is 0.0882. The van der Waals surface area contributed by atoms with Crippen molar-refractivity contribution in [1.82, 2.24) is 29.8 Å². The van der Waals surface area contributed by atoms with Crippen LogP contribution in [0.2, 0.25) is 0 Å². The Labute approximate surface area is 429 Å². The van der Waals surface area contributed by atoms with E-state index >= 15 is 0 Å². The molecule has 1 saturated carbocycles. The van der Waals surface area contributed by atoms with Crippen LogP contribution in [0.5, 0.6) is 23.0 Å². The molecule has 3 aliphatic rings. The van der Waals surface area contributed by atoms with Crippen LogP contribution in [-0.2, 0) is 32.0 Å². The number of nitrogens with two attached hydrogens (primary N) is 1. The molecular formula is C57H61F2N7O8. The van der Waals surface area contributed by atoms with Crippen LogP contribution in [0.1, 0.15) is 36.8 Å². The van der Waals surface area contributed by atoms with E-state index in [0.29, 0.717) is 44.4 Å². The number of methoxy groups -OCH3 is 3. The summed E-state index contributed by atoms with van der Waals surface area (Å²) in [6.45, 7) is 2.93. The van der Waals surface area contributed by atoms with Gasteiger partial charge in [-0.25, -0.2) is 8.78 Å². The maximum absolute atomic E-state index is 13.9. The number of aromatic nitrogens is 6. The Bertz CT molecular complexity index is 3020. The zero-order valence-corrected chi connectivity index (χ0v) is 41.6. The Morgan fingerprint density at radius 1 is 0.608 bits per heavy atom. The summed E-state index contributed by atoms with van der Waals surface area (Å²) < 4.78 is 76.3. The first kappa shape index (κ1) is 51.3. The maximum Gasteiger partial charge on any atom is 0.163 e. The molecule has 3 N–H and O–H groups in total. The van der Waals surface area contributed by atoms with E-state index in [1.54, 1.807) is 44.5 Å². The van der Waals surface area contributed by atoms with Crippen LogP contribution in [0.4, 0.5) is 14.5 Å². The molecule has 11 rings (SSSR count). The predicted octanol–water partition coefficient (Wildman–Crippen LogP) is 10.0. The lowest BCUT2D eigenvalue weighted by Crippen LogP contribution is -2.31. The van der Waals surface area contributed by atoms with Gasteiger partial charge in [0.05, 0.1) is 69.8 Å². The van der Waals surface area contributed by atoms with Gasteiger partial charge in [-0.1, -0.05) is 48.5 Å². The second kappa shape index (κ2) is 24.9. The Hall–Kier alpha value is -7.57. The van der Waals surface area contributed by atoms with Crippen molar-refractivity contribution in [2.45, 2.75) is 69.3 Å². The summed E-state index contributed by atoms with van der Waals surface area (Å²) in [7, 11) is 4.99. The molecule has 3 aromatic heterocycles. The lowest BCUT2D eigenvalue weighted by molar-refractivity contribution is 0.0328. The smallest absolute Gasteiger partial charge is 0.163 e. The number of H-pyrrole nitrogens is 1. The minimum Gasteiger partial charge on any atom is -0.493 e. The molecule has 2 aliphatic heterocycles.